The Morgan fingerprint density at radius 2 is 2.05 bits per heavy atom. The molecule has 2 bridgehead atoms. The van der Waals surface area contributed by atoms with Crippen molar-refractivity contribution in [2.24, 2.45) is 5.92 Å². The molecule has 1 heterocycles. The number of nitrogen functional groups attached to an aromatic ring is 1. The van der Waals surface area contributed by atoms with Crippen LogP contribution in [-0.4, -0.2) is 4.98 Å². The van der Waals surface area contributed by atoms with Crippen molar-refractivity contribution in [2.75, 3.05) is 5.73 Å². The highest BCUT2D eigenvalue weighted by Crippen LogP contribution is 2.46. The summed E-state index contributed by atoms with van der Waals surface area (Å²) in [6, 6.07) is 6.41. The van der Waals surface area contributed by atoms with E-state index in [4.69, 9.17) is 10.7 Å². The van der Waals surface area contributed by atoms with E-state index in [1.54, 1.807) is 0 Å². The quantitative estimate of drug-likeness (QED) is 0.727. The summed E-state index contributed by atoms with van der Waals surface area (Å²) < 4.78 is 0. The van der Waals surface area contributed by atoms with E-state index in [2.05, 4.69) is 38.1 Å². The van der Waals surface area contributed by atoms with Gasteiger partial charge in [-0.2, -0.15) is 0 Å². The third-order valence-corrected chi connectivity index (χ3v) is 4.84. The summed E-state index contributed by atoms with van der Waals surface area (Å²) in [6.07, 6.45) is 5.88. The second-order valence-electron chi connectivity index (χ2n) is 6.52. The molecule has 2 nitrogen and oxygen atoms in total. The van der Waals surface area contributed by atoms with Gasteiger partial charge in [0.05, 0.1) is 5.52 Å². The average molecular weight is 264 g/mol. The first-order valence-corrected chi connectivity index (χ1v) is 7.47. The molecular formula is C18H20N2. The van der Waals surface area contributed by atoms with Crippen LogP contribution in [0.3, 0.4) is 0 Å². The summed E-state index contributed by atoms with van der Waals surface area (Å²) in [7, 11) is 0. The number of aromatic nitrogens is 1. The summed E-state index contributed by atoms with van der Waals surface area (Å²) >= 11 is 0. The standard InChI is InChI=1S/C18H20N2/c1-10-3-4-14-15(7-10)20-16-9-12-5-11(2)6-13(8-12)17(16)18(14)19/h3-5,7,12-13H,6,8-9H2,1-2H3,(H2,19,20)/t12-,13+/m1/s1. The third kappa shape index (κ3) is 1.67. The van der Waals surface area contributed by atoms with Gasteiger partial charge in [0.15, 0.2) is 0 Å². The molecule has 20 heavy (non-hydrogen) atoms. The van der Waals surface area contributed by atoms with Gasteiger partial charge < -0.3 is 5.73 Å². The van der Waals surface area contributed by atoms with Gasteiger partial charge in [-0.05, 0) is 56.6 Å². The van der Waals surface area contributed by atoms with Gasteiger partial charge in [0.2, 0.25) is 0 Å². The monoisotopic (exact) mass is 264 g/mol. The molecule has 2 atom stereocenters. The molecule has 1 aromatic heterocycles. The second-order valence-corrected chi connectivity index (χ2v) is 6.52. The van der Waals surface area contributed by atoms with Gasteiger partial charge in [-0.15, -0.1) is 0 Å². The Kier molecular flexibility index (Phi) is 2.44. The first-order valence-electron chi connectivity index (χ1n) is 7.47. The molecule has 0 spiro atoms. The van der Waals surface area contributed by atoms with Gasteiger partial charge in [0, 0.05) is 22.3 Å². The fourth-order valence-electron chi connectivity index (χ4n) is 4.07. The van der Waals surface area contributed by atoms with Crippen LogP contribution in [0.1, 0.15) is 42.5 Å². The van der Waals surface area contributed by atoms with Crippen LogP contribution in [-0.2, 0) is 6.42 Å². The molecule has 4 rings (SSSR count). The molecule has 1 aromatic carbocycles. The maximum atomic E-state index is 6.51. The van der Waals surface area contributed by atoms with Gasteiger partial charge in [-0.25, -0.2) is 0 Å². The lowest BCUT2D eigenvalue weighted by Crippen LogP contribution is -2.24. The number of benzene rings is 1. The minimum atomic E-state index is 0.576. The van der Waals surface area contributed by atoms with Crippen molar-refractivity contribution in [1.29, 1.82) is 0 Å². The number of allylic oxidation sites excluding steroid dienone is 2. The topological polar surface area (TPSA) is 38.9 Å². The van der Waals surface area contributed by atoms with Crippen LogP contribution in [0, 0.1) is 12.8 Å². The maximum absolute atomic E-state index is 6.51. The number of rotatable bonds is 0. The van der Waals surface area contributed by atoms with Crippen LogP contribution >= 0.6 is 0 Å². The average Bonchev–Trinajstić information content (AvgIpc) is 2.36. The van der Waals surface area contributed by atoms with Gasteiger partial charge in [-0.3, -0.25) is 4.98 Å². The molecule has 0 saturated heterocycles. The molecule has 102 valence electrons. The second kappa shape index (κ2) is 4.08. The Morgan fingerprint density at radius 1 is 1.20 bits per heavy atom. The van der Waals surface area contributed by atoms with E-state index in [1.807, 2.05) is 0 Å². The Hall–Kier alpha value is -1.83. The van der Waals surface area contributed by atoms with Crippen LogP contribution in [0.4, 0.5) is 5.69 Å². The molecule has 0 aliphatic heterocycles. The van der Waals surface area contributed by atoms with E-state index in [9.17, 15) is 0 Å². The van der Waals surface area contributed by atoms with E-state index in [0.29, 0.717) is 11.8 Å². The van der Waals surface area contributed by atoms with E-state index in [0.717, 1.165) is 29.4 Å². The lowest BCUT2D eigenvalue weighted by atomic mass is 9.71. The van der Waals surface area contributed by atoms with Gasteiger partial charge in [-0.1, -0.05) is 23.8 Å². The van der Waals surface area contributed by atoms with Gasteiger partial charge in [0.1, 0.15) is 0 Å². The summed E-state index contributed by atoms with van der Waals surface area (Å²) in [5, 5.41) is 1.13. The molecule has 0 fully saturated rings. The molecule has 0 saturated carbocycles. The Balaban J connectivity index is 1.97. The highest BCUT2D eigenvalue weighted by Gasteiger charge is 2.32. The molecular weight excluding hydrogens is 244 g/mol. The van der Waals surface area contributed by atoms with Crippen molar-refractivity contribution in [3.8, 4) is 0 Å². The van der Waals surface area contributed by atoms with Crippen molar-refractivity contribution < 1.29 is 0 Å². The Morgan fingerprint density at radius 3 is 2.90 bits per heavy atom. The van der Waals surface area contributed by atoms with Crippen LogP contribution in [0.2, 0.25) is 0 Å². The molecule has 2 aliphatic rings. The number of fused-ring (bicyclic) bond motifs is 5. The highest BCUT2D eigenvalue weighted by atomic mass is 14.7. The Bertz CT molecular complexity index is 743. The van der Waals surface area contributed by atoms with Crippen LogP contribution < -0.4 is 5.73 Å². The van der Waals surface area contributed by atoms with E-state index < -0.39 is 0 Å². The SMILES string of the molecule is CC1=C[C@H]2Cc3nc4cc(C)ccc4c(N)c3[C@@H](C1)C2. The normalized spacial score (nSPS) is 24.4. The first-order chi connectivity index (χ1) is 9.61. The molecule has 2 aromatic rings. The molecule has 0 radical (unpaired) electrons. The number of hydrogen-bond acceptors (Lipinski definition) is 2. The zero-order valence-electron chi connectivity index (χ0n) is 12.1. The summed E-state index contributed by atoms with van der Waals surface area (Å²) in [5.74, 6) is 1.24. The highest BCUT2D eigenvalue weighted by molar-refractivity contribution is 5.93. The molecule has 0 amide bonds. The minimum Gasteiger partial charge on any atom is -0.398 e. The number of hydrogen-bond donors (Lipinski definition) is 1. The smallest absolute Gasteiger partial charge is 0.0728 e. The zero-order valence-corrected chi connectivity index (χ0v) is 12.1. The lowest BCUT2D eigenvalue weighted by Gasteiger charge is -2.35. The maximum Gasteiger partial charge on any atom is 0.0728 e. The van der Waals surface area contributed by atoms with Crippen LogP contribution in [0.5, 0.6) is 0 Å². The van der Waals surface area contributed by atoms with Crippen LogP contribution in [0.25, 0.3) is 10.9 Å². The number of aryl methyl sites for hydroxylation is 1. The van der Waals surface area contributed by atoms with Crippen molar-refractivity contribution in [1.82, 2.24) is 4.98 Å². The van der Waals surface area contributed by atoms with Crippen molar-refractivity contribution in [2.45, 2.75) is 39.0 Å². The number of anilines is 1. The van der Waals surface area contributed by atoms with Crippen molar-refractivity contribution >= 4 is 16.6 Å². The first kappa shape index (κ1) is 12.0. The van der Waals surface area contributed by atoms with E-state index >= 15 is 0 Å². The van der Waals surface area contributed by atoms with Crippen molar-refractivity contribution in [3.63, 3.8) is 0 Å². The molecule has 2 N–H and O–H groups in total. The van der Waals surface area contributed by atoms with E-state index in [-0.39, 0.29) is 0 Å². The molecule has 0 unspecified atom stereocenters. The lowest BCUT2D eigenvalue weighted by molar-refractivity contribution is 0.433. The fraction of sp³-hybridized carbons (Fsp3) is 0.389. The summed E-state index contributed by atoms with van der Waals surface area (Å²) in [4.78, 5) is 4.94. The summed E-state index contributed by atoms with van der Waals surface area (Å²) in [6.45, 7) is 4.36. The summed E-state index contributed by atoms with van der Waals surface area (Å²) in [5.41, 5.74) is 13.9. The predicted octanol–water partition coefficient (Wildman–Crippen LogP) is 4.12. The molecule has 2 aliphatic carbocycles. The largest absolute Gasteiger partial charge is 0.398 e. The number of nitrogens with two attached hydrogens (primary N) is 1. The number of pyridine rings is 1. The fourth-order valence-corrected chi connectivity index (χ4v) is 4.07. The van der Waals surface area contributed by atoms with Gasteiger partial charge >= 0.3 is 0 Å². The third-order valence-electron chi connectivity index (χ3n) is 4.84. The minimum absolute atomic E-state index is 0.576. The van der Waals surface area contributed by atoms with Crippen LogP contribution in [0.15, 0.2) is 29.8 Å². The number of nitrogens with zero attached hydrogens (tertiary/aromatic N) is 1. The Labute approximate surface area is 119 Å². The van der Waals surface area contributed by atoms with E-state index in [1.165, 1.54) is 28.8 Å². The van der Waals surface area contributed by atoms with Crippen molar-refractivity contribution in [3.05, 3.63) is 46.7 Å². The predicted molar refractivity (Wildman–Crippen MR) is 83.8 cm³/mol. The van der Waals surface area contributed by atoms with Gasteiger partial charge in [0.25, 0.3) is 0 Å². The zero-order chi connectivity index (χ0) is 13.9. The molecule has 2 heteroatoms.